The molecular formula is C22H26Cl2N2O4S. The summed E-state index contributed by atoms with van der Waals surface area (Å²) in [5, 5.41) is 3.52. The third-order valence-electron chi connectivity index (χ3n) is 5.04. The summed E-state index contributed by atoms with van der Waals surface area (Å²) < 4.78 is 33.1. The first-order valence-electron chi connectivity index (χ1n) is 10.1. The van der Waals surface area contributed by atoms with E-state index in [-0.39, 0.29) is 24.3 Å². The molecule has 1 N–H and O–H groups in total. The van der Waals surface area contributed by atoms with Crippen LogP contribution >= 0.6 is 23.2 Å². The van der Waals surface area contributed by atoms with Gasteiger partial charge in [0.15, 0.2) is 0 Å². The van der Waals surface area contributed by atoms with Crippen molar-refractivity contribution < 1.29 is 17.9 Å². The highest BCUT2D eigenvalue weighted by atomic mass is 35.5. The van der Waals surface area contributed by atoms with Crippen molar-refractivity contribution in [3.63, 3.8) is 0 Å². The van der Waals surface area contributed by atoms with Crippen LogP contribution in [0.25, 0.3) is 0 Å². The van der Waals surface area contributed by atoms with E-state index in [1.165, 1.54) is 4.31 Å². The highest BCUT2D eigenvalue weighted by Crippen LogP contribution is 2.30. The normalized spacial score (nSPS) is 17.5. The third-order valence-corrected chi connectivity index (χ3v) is 7.52. The van der Waals surface area contributed by atoms with Crippen molar-refractivity contribution in [1.82, 2.24) is 4.31 Å². The molecule has 1 aliphatic heterocycles. The number of rotatable bonds is 7. The van der Waals surface area contributed by atoms with E-state index in [4.69, 9.17) is 27.9 Å². The number of piperidine rings is 1. The molecule has 6 nitrogen and oxygen atoms in total. The minimum Gasteiger partial charge on any atom is -0.489 e. The van der Waals surface area contributed by atoms with Gasteiger partial charge in [-0.3, -0.25) is 4.79 Å². The summed E-state index contributed by atoms with van der Waals surface area (Å²) in [7, 11) is -3.68. The lowest BCUT2D eigenvalue weighted by molar-refractivity contribution is -0.120. The Bertz CT molecular complexity index is 1020. The Labute approximate surface area is 193 Å². The Morgan fingerprint density at radius 2 is 1.84 bits per heavy atom. The Morgan fingerprint density at radius 3 is 2.52 bits per heavy atom. The van der Waals surface area contributed by atoms with Gasteiger partial charge < -0.3 is 10.1 Å². The van der Waals surface area contributed by atoms with E-state index in [1.807, 2.05) is 26.0 Å². The van der Waals surface area contributed by atoms with Crippen molar-refractivity contribution in [3.05, 3.63) is 58.1 Å². The minimum atomic E-state index is -3.68. The molecule has 1 fully saturated rings. The number of ether oxygens (including phenoxy) is 1. The zero-order chi connectivity index (χ0) is 22.6. The molecule has 1 heterocycles. The molecule has 0 aliphatic carbocycles. The van der Waals surface area contributed by atoms with Crippen LogP contribution in [0.4, 0.5) is 5.69 Å². The van der Waals surface area contributed by atoms with Crippen molar-refractivity contribution in [3.8, 4) is 5.75 Å². The van der Waals surface area contributed by atoms with Crippen LogP contribution in [0, 0.1) is 5.92 Å². The van der Waals surface area contributed by atoms with Gasteiger partial charge in [0, 0.05) is 28.7 Å². The molecule has 3 rings (SSSR count). The number of sulfonamides is 1. The molecule has 0 radical (unpaired) electrons. The molecule has 1 atom stereocenters. The number of carbonyl (C=O) groups is 1. The smallest absolute Gasteiger partial charge is 0.228 e. The van der Waals surface area contributed by atoms with Gasteiger partial charge in [-0.25, -0.2) is 12.7 Å². The van der Waals surface area contributed by atoms with Crippen LogP contribution in [-0.2, 0) is 20.6 Å². The van der Waals surface area contributed by atoms with Crippen molar-refractivity contribution in [2.75, 3.05) is 18.4 Å². The second kappa shape index (κ2) is 10.2. The average molecular weight is 485 g/mol. The van der Waals surface area contributed by atoms with Gasteiger partial charge in [-0.05, 0) is 51.0 Å². The first-order chi connectivity index (χ1) is 14.7. The quantitative estimate of drug-likeness (QED) is 0.602. The van der Waals surface area contributed by atoms with E-state index in [9.17, 15) is 13.2 Å². The zero-order valence-electron chi connectivity index (χ0n) is 17.5. The second-order valence-electron chi connectivity index (χ2n) is 7.81. The van der Waals surface area contributed by atoms with E-state index in [1.54, 1.807) is 30.3 Å². The molecule has 9 heteroatoms. The molecule has 2 aromatic carbocycles. The largest absolute Gasteiger partial charge is 0.489 e. The van der Waals surface area contributed by atoms with Crippen molar-refractivity contribution in [2.24, 2.45) is 5.92 Å². The van der Waals surface area contributed by atoms with Crippen molar-refractivity contribution in [2.45, 2.75) is 38.5 Å². The highest BCUT2D eigenvalue weighted by Gasteiger charge is 2.33. The second-order valence-corrected chi connectivity index (χ2v) is 10.6. The maximum atomic E-state index is 13.0. The number of benzene rings is 2. The lowest BCUT2D eigenvalue weighted by atomic mass is 9.98. The van der Waals surface area contributed by atoms with E-state index in [0.29, 0.717) is 46.4 Å². The fourth-order valence-corrected chi connectivity index (χ4v) is 5.88. The van der Waals surface area contributed by atoms with E-state index in [2.05, 4.69) is 5.32 Å². The topological polar surface area (TPSA) is 75.7 Å². The van der Waals surface area contributed by atoms with Crippen molar-refractivity contribution >= 4 is 44.8 Å². The lowest BCUT2D eigenvalue weighted by Gasteiger charge is -2.31. The molecule has 1 aliphatic rings. The standard InChI is InChI=1S/C22H26Cl2N2O4S/c1-15(2)30-21-11-4-3-10-20(21)25-22(27)16-7-6-12-26(13-16)31(28,29)14-17-18(23)8-5-9-19(17)24/h3-5,8-11,15-16H,6-7,12-14H2,1-2H3,(H,25,27). The molecule has 1 saturated heterocycles. The number of nitrogens with zero attached hydrogens (tertiary/aromatic N) is 1. The number of anilines is 1. The fraction of sp³-hybridized carbons (Fsp3) is 0.409. The summed E-state index contributed by atoms with van der Waals surface area (Å²) >= 11 is 12.3. The summed E-state index contributed by atoms with van der Waals surface area (Å²) in [5.74, 6) is -0.405. The van der Waals surface area contributed by atoms with Gasteiger partial charge in [0.1, 0.15) is 5.75 Å². The number of nitrogens with one attached hydrogen (secondary N) is 1. The van der Waals surface area contributed by atoms with Crippen LogP contribution < -0.4 is 10.1 Å². The van der Waals surface area contributed by atoms with Crippen LogP contribution in [0.15, 0.2) is 42.5 Å². The van der Waals surface area contributed by atoms with Crippen LogP contribution in [0.2, 0.25) is 10.0 Å². The average Bonchev–Trinajstić information content (AvgIpc) is 2.72. The minimum absolute atomic E-state index is 0.0370. The van der Waals surface area contributed by atoms with Crippen LogP contribution in [0.3, 0.4) is 0 Å². The Balaban J connectivity index is 1.71. The van der Waals surface area contributed by atoms with Gasteiger partial charge in [0.2, 0.25) is 15.9 Å². The molecule has 1 amide bonds. The number of carbonyl (C=O) groups excluding carboxylic acids is 1. The first-order valence-corrected chi connectivity index (χ1v) is 12.5. The lowest BCUT2D eigenvalue weighted by Crippen LogP contribution is -2.44. The van der Waals surface area contributed by atoms with Gasteiger partial charge in [-0.15, -0.1) is 0 Å². The van der Waals surface area contributed by atoms with Crippen LogP contribution in [-0.4, -0.2) is 37.8 Å². The molecular weight excluding hydrogens is 459 g/mol. The van der Waals surface area contributed by atoms with Gasteiger partial charge in [0.25, 0.3) is 0 Å². The first kappa shape index (κ1) is 23.9. The summed E-state index contributed by atoms with van der Waals surface area (Å²) in [6, 6.07) is 12.1. The summed E-state index contributed by atoms with van der Waals surface area (Å²) in [6.45, 7) is 4.30. The number of para-hydroxylation sites is 2. The van der Waals surface area contributed by atoms with Crippen LogP contribution in [0.5, 0.6) is 5.75 Å². The molecule has 168 valence electrons. The van der Waals surface area contributed by atoms with E-state index >= 15 is 0 Å². The fourth-order valence-electron chi connectivity index (χ4n) is 3.51. The van der Waals surface area contributed by atoms with Gasteiger partial charge in [0.05, 0.1) is 23.5 Å². The van der Waals surface area contributed by atoms with E-state index < -0.39 is 15.9 Å². The molecule has 0 saturated carbocycles. The summed E-state index contributed by atoms with van der Waals surface area (Å²) in [4.78, 5) is 12.9. The molecule has 2 aromatic rings. The monoisotopic (exact) mass is 484 g/mol. The maximum absolute atomic E-state index is 13.0. The van der Waals surface area contributed by atoms with Gasteiger partial charge in [-0.1, -0.05) is 41.4 Å². The highest BCUT2D eigenvalue weighted by molar-refractivity contribution is 7.88. The number of hydrogen-bond donors (Lipinski definition) is 1. The molecule has 0 spiro atoms. The molecule has 1 unspecified atom stereocenters. The van der Waals surface area contributed by atoms with E-state index in [0.717, 1.165) is 0 Å². The predicted octanol–water partition coefficient (Wildman–Crippen LogP) is 4.96. The predicted molar refractivity (Wildman–Crippen MR) is 124 cm³/mol. The maximum Gasteiger partial charge on any atom is 0.228 e. The zero-order valence-corrected chi connectivity index (χ0v) is 19.8. The number of amides is 1. The Kier molecular flexibility index (Phi) is 7.86. The SMILES string of the molecule is CC(C)Oc1ccccc1NC(=O)C1CCCN(S(=O)(=O)Cc2c(Cl)cccc2Cl)C1. The van der Waals surface area contributed by atoms with Crippen LogP contribution in [0.1, 0.15) is 32.3 Å². The Morgan fingerprint density at radius 1 is 1.16 bits per heavy atom. The third kappa shape index (κ3) is 6.13. The summed E-state index contributed by atoms with van der Waals surface area (Å²) in [6.07, 6.45) is 1.17. The molecule has 0 bridgehead atoms. The molecule has 0 aromatic heterocycles. The van der Waals surface area contributed by atoms with Gasteiger partial charge in [-0.2, -0.15) is 0 Å². The Hall–Kier alpha value is -1.80. The van der Waals surface area contributed by atoms with Gasteiger partial charge >= 0.3 is 0 Å². The number of halogens is 2. The number of hydrogen-bond acceptors (Lipinski definition) is 4. The molecule has 31 heavy (non-hydrogen) atoms. The van der Waals surface area contributed by atoms with Crippen molar-refractivity contribution in [1.29, 1.82) is 0 Å². The summed E-state index contributed by atoms with van der Waals surface area (Å²) in [5.41, 5.74) is 0.946.